The van der Waals surface area contributed by atoms with Gasteiger partial charge < -0.3 is 4.74 Å². The largest absolute Gasteiger partial charge is 0.494 e. The van der Waals surface area contributed by atoms with Crippen LogP contribution in [0.2, 0.25) is 0 Å². The molecule has 0 spiro atoms. The summed E-state index contributed by atoms with van der Waals surface area (Å²) in [7, 11) is 1.77. The maximum absolute atomic E-state index is 5.82. The monoisotopic (exact) mass is 395 g/mol. The van der Waals surface area contributed by atoms with E-state index in [1.54, 1.807) is 7.11 Å². The second kappa shape index (κ2) is 10.1. The first kappa shape index (κ1) is 20.9. The normalized spacial score (nSPS) is 15.6. The number of ether oxygens (including phenoxy) is 1. The number of aromatic nitrogens is 1. The van der Waals surface area contributed by atoms with Crippen molar-refractivity contribution >= 4 is 17.1 Å². The lowest BCUT2D eigenvalue weighted by molar-refractivity contribution is 0.364. The summed E-state index contributed by atoms with van der Waals surface area (Å²) in [5, 5.41) is 1.09. The van der Waals surface area contributed by atoms with E-state index in [0.29, 0.717) is 0 Å². The minimum Gasteiger partial charge on any atom is -0.494 e. The molecule has 0 aliphatic heterocycles. The molecule has 0 saturated heterocycles. The molecular weight excluding hydrogens is 362 g/mol. The molecule has 0 amide bonds. The highest BCUT2D eigenvalue weighted by Crippen LogP contribution is 2.41. The van der Waals surface area contributed by atoms with Crippen molar-refractivity contribution in [1.29, 1.82) is 0 Å². The molecule has 1 aromatic heterocycles. The van der Waals surface area contributed by atoms with Gasteiger partial charge in [-0.2, -0.15) is 0 Å². The minimum absolute atomic E-state index is 0.956. The molecule has 150 valence electrons. The molecule has 0 atom stereocenters. The van der Waals surface area contributed by atoms with E-state index in [4.69, 9.17) is 9.72 Å². The van der Waals surface area contributed by atoms with Crippen molar-refractivity contribution < 1.29 is 4.74 Å². The fourth-order valence-electron chi connectivity index (χ4n) is 4.00. The topological polar surface area (TPSA) is 22.1 Å². The van der Waals surface area contributed by atoms with Gasteiger partial charge in [0.25, 0.3) is 0 Å². The van der Waals surface area contributed by atoms with Gasteiger partial charge in [-0.1, -0.05) is 74.9 Å². The smallest absolute Gasteiger partial charge is 0.148 e. The molecule has 1 aromatic carbocycles. The van der Waals surface area contributed by atoms with E-state index in [1.165, 1.54) is 72.1 Å². The molecule has 2 aromatic rings. The molecule has 1 aliphatic carbocycles. The number of unbranched alkanes of at least 4 members (excludes halogenated alkanes) is 5. The van der Waals surface area contributed by atoms with Gasteiger partial charge in [-0.15, -0.1) is 11.3 Å². The van der Waals surface area contributed by atoms with Crippen LogP contribution in [0.1, 0.15) is 76.3 Å². The van der Waals surface area contributed by atoms with E-state index in [9.17, 15) is 0 Å². The summed E-state index contributed by atoms with van der Waals surface area (Å²) in [5.41, 5.74) is 6.47. The van der Waals surface area contributed by atoms with Crippen molar-refractivity contribution in [3.8, 4) is 10.6 Å². The Hall–Kier alpha value is -1.87. The van der Waals surface area contributed by atoms with Crippen molar-refractivity contribution in [3.63, 3.8) is 0 Å². The van der Waals surface area contributed by atoms with E-state index in [1.807, 2.05) is 17.4 Å². The lowest BCUT2D eigenvalue weighted by atomic mass is 9.89. The van der Waals surface area contributed by atoms with Crippen LogP contribution < -0.4 is 0 Å². The number of allylic oxidation sites excluding steroid dienone is 3. The molecule has 0 unspecified atom stereocenters. The second-order valence-corrected chi connectivity index (χ2v) is 8.85. The zero-order valence-corrected chi connectivity index (χ0v) is 18.6. The molecule has 3 rings (SSSR count). The highest BCUT2D eigenvalue weighted by atomic mass is 32.1. The number of fused-ring (bicyclic) bond motifs is 1. The molecule has 0 bridgehead atoms. The fourth-order valence-corrected chi connectivity index (χ4v) is 5.08. The van der Waals surface area contributed by atoms with Crippen LogP contribution in [0, 0.1) is 0 Å². The first-order valence-electron chi connectivity index (χ1n) is 10.6. The lowest BCUT2D eigenvalue weighted by Gasteiger charge is -2.21. The van der Waals surface area contributed by atoms with Crippen LogP contribution >= 0.6 is 11.3 Å². The van der Waals surface area contributed by atoms with Crippen molar-refractivity contribution in [2.24, 2.45) is 0 Å². The predicted molar refractivity (Wildman–Crippen MR) is 122 cm³/mol. The summed E-state index contributed by atoms with van der Waals surface area (Å²) in [6, 6.07) is 10.5. The van der Waals surface area contributed by atoms with Gasteiger partial charge in [-0.05, 0) is 37.8 Å². The maximum atomic E-state index is 5.82. The predicted octanol–water partition coefficient (Wildman–Crippen LogP) is 7.81. The van der Waals surface area contributed by atoms with Gasteiger partial charge in [0, 0.05) is 16.9 Å². The second-order valence-electron chi connectivity index (χ2n) is 7.77. The number of benzene rings is 1. The Kier molecular flexibility index (Phi) is 7.50. The van der Waals surface area contributed by atoms with Gasteiger partial charge in [-0.3, -0.25) is 0 Å². The number of hydrogen-bond donors (Lipinski definition) is 0. The van der Waals surface area contributed by atoms with Crippen LogP contribution in [0.5, 0.6) is 0 Å². The van der Waals surface area contributed by atoms with Gasteiger partial charge in [0.1, 0.15) is 16.5 Å². The van der Waals surface area contributed by atoms with E-state index in [-0.39, 0.29) is 0 Å². The molecule has 1 aliphatic rings. The van der Waals surface area contributed by atoms with Crippen LogP contribution in [0.3, 0.4) is 0 Å². The highest BCUT2D eigenvalue weighted by molar-refractivity contribution is 7.15. The lowest BCUT2D eigenvalue weighted by Crippen LogP contribution is -2.08. The van der Waals surface area contributed by atoms with Gasteiger partial charge in [-0.25, -0.2) is 4.98 Å². The summed E-state index contributed by atoms with van der Waals surface area (Å²) in [4.78, 5) is 6.27. The Balaban J connectivity index is 1.78. The quantitative estimate of drug-likeness (QED) is 0.404. The summed E-state index contributed by atoms with van der Waals surface area (Å²) < 4.78 is 5.82. The number of rotatable bonds is 9. The molecule has 0 radical (unpaired) electrons. The average Bonchev–Trinajstić information content (AvgIpc) is 3.14. The first-order valence-corrected chi connectivity index (χ1v) is 11.5. The number of thiazole rings is 1. The van der Waals surface area contributed by atoms with Gasteiger partial charge in [0.05, 0.1) is 7.11 Å². The van der Waals surface area contributed by atoms with Crippen molar-refractivity contribution in [3.05, 3.63) is 57.6 Å². The third-order valence-electron chi connectivity index (χ3n) is 5.69. The Bertz CT molecular complexity index is 845. The SMILES string of the molecule is CCCCCCCCC(C)=C1Cc2sc(-c3ccccc3)nc2C(OC)=C1C. The molecule has 28 heavy (non-hydrogen) atoms. The van der Waals surface area contributed by atoms with Crippen LogP contribution in [-0.4, -0.2) is 12.1 Å². The summed E-state index contributed by atoms with van der Waals surface area (Å²) in [6.45, 7) is 6.78. The van der Waals surface area contributed by atoms with Crippen molar-refractivity contribution in [1.82, 2.24) is 4.98 Å². The average molecular weight is 396 g/mol. The number of hydrogen-bond acceptors (Lipinski definition) is 3. The maximum Gasteiger partial charge on any atom is 0.148 e. The number of nitrogens with zero attached hydrogens (tertiary/aromatic N) is 1. The Morgan fingerprint density at radius 3 is 2.50 bits per heavy atom. The van der Waals surface area contributed by atoms with Crippen LogP contribution in [0.25, 0.3) is 16.3 Å². The molecule has 3 heteroatoms. The van der Waals surface area contributed by atoms with Crippen molar-refractivity contribution in [2.75, 3.05) is 7.11 Å². The molecule has 2 nitrogen and oxygen atoms in total. The van der Waals surface area contributed by atoms with E-state index in [0.717, 1.165) is 22.9 Å². The first-order chi connectivity index (χ1) is 13.7. The summed E-state index contributed by atoms with van der Waals surface area (Å²) in [5.74, 6) is 0.956. The minimum atomic E-state index is 0.956. The molecule has 0 fully saturated rings. The number of methoxy groups -OCH3 is 1. The van der Waals surface area contributed by atoms with Gasteiger partial charge in [0.15, 0.2) is 0 Å². The van der Waals surface area contributed by atoms with E-state index >= 15 is 0 Å². The van der Waals surface area contributed by atoms with Gasteiger partial charge in [0.2, 0.25) is 0 Å². The Labute approximate surface area is 174 Å². The standard InChI is InChI=1S/C25H33NOS/c1-5-6-7-8-9-11-14-18(2)21-17-22-23(24(27-4)19(21)3)26-25(28-22)20-15-12-10-13-16-20/h10,12-13,15-16H,5-9,11,14,17H2,1-4H3. The summed E-state index contributed by atoms with van der Waals surface area (Å²) >= 11 is 1.81. The third kappa shape index (κ3) is 4.75. The van der Waals surface area contributed by atoms with Crippen LogP contribution in [-0.2, 0) is 11.2 Å². The Morgan fingerprint density at radius 2 is 1.79 bits per heavy atom. The van der Waals surface area contributed by atoms with Crippen molar-refractivity contribution in [2.45, 2.75) is 72.1 Å². The zero-order valence-electron chi connectivity index (χ0n) is 17.8. The zero-order chi connectivity index (χ0) is 19.9. The third-order valence-corrected chi connectivity index (χ3v) is 6.79. The molecule has 0 N–H and O–H groups in total. The fraction of sp³-hybridized carbons (Fsp3) is 0.480. The van der Waals surface area contributed by atoms with E-state index < -0.39 is 0 Å². The van der Waals surface area contributed by atoms with Crippen LogP contribution in [0.15, 0.2) is 47.1 Å². The van der Waals surface area contributed by atoms with Gasteiger partial charge >= 0.3 is 0 Å². The Morgan fingerprint density at radius 1 is 1.07 bits per heavy atom. The van der Waals surface area contributed by atoms with Crippen LogP contribution in [0.4, 0.5) is 0 Å². The molecular formula is C25H33NOS. The van der Waals surface area contributed by atoms with E-state index in [2.05, 4.69) is 45.0 Å². The highest BCUT2D eigenvalue weighted by Gasteiger charge is 2.26. The molecule has 0 saturated carbocycles. The summed E-state index contributed by atoms with van der Waals surface area (Å²) in [6.07, 6.45) is 10.2. The molecule has 1 heterocycles.